The van der Waals surface area contributed by atoms with Crippen molar-refractivity contribution in [2.75, 3.05) is 28.3 Å². The van der Waals surface area contributed by atoms with Gasteiger partial charge in [-0.05, 0) is 49.5 Å². The number of nitrogens with one attached hydrogen (secondary N) is 2. The van der Waals surface area contributed by atoms with E-state index in [9.17, 15) is 0 Å². The molecule has 2 aromatic rings. The zero-order valence-corrected chi connectivity index (χ0v) is 14.8. The number of halogens is 1. The molecule has 5 heteroatoms. The number of hydrogen-bond acceptors (Lipinski definition) is 4. The van der Waals surface area contributed by atoms with Crippen LogP contribution in [0.25, 0.3) is 0 Å². The van der Waals surface area contributed by atoms with Crippen molar-refractivity contribution in [3.63, 3.8) is 0 Å². The number of ether oxygens (including phenoxy) is 2. The Morgan fingerprint density at radius 2 is 0.957 bits per heavy atom. The molecular formula is C18H25ClN2O2. The average Bonchev–Trinajstić information content (AvgIpc) is 2.60. The maximum Gasteiger partial charge on any atom is 0.118 e. The Labute approximate surface area is 144 Å². The van der Waals surface area contributed by atoms with Crippen molar-refractivity contribution in [2.24, 2.45) is 0 Å². The van der Waals surface area contributed by atoms with Crippen LogP contribution in [0.2, 0.25) is 0 Å². The van der Waals surface area contributed by atoms with Crippen LogP contribution < -0.4 is 20.1 Å². The van der Waals surface area contributed by atoms with E-state index < -0.39 is 0 Å². The molecule has 0 amide bonds. The van der Waals surface area contributed by atoms with Crippen LogP contribution in [-0.2, 0) is 0 Å². The summed E-state index contributed by atoms with van der Waals surface area (Å²) in [7, 11) is 7.31. The standard InChI is InChI=1S/C18H24N2O2.ClH/c1-19-17(13-5-9-15(21-3)10-6-13)18(20-2)14-7-11-16(22-4)12-8-14;/h5-12,17-20H,1-4H3;1H. The van der Waals surface area contributed by atoms with Gasteiger partial charge in [-0.15, -0.1) is 12.4 Å². The molecule has 2 aromatic carbocycles. The third-order valence-electron chi connectivity index (χ3n) is 3.91. The molecule has 126 valence electrons. The van der Waals surface area contributed by atoms with Crippen LogP contribution in [0, 0.1) is 0 Å². The van der Waals surface area contributed by atoms with Crippen LogP contribution in [0.4, 0.5) is 0 Å². The summed E-state index contributed by atoms with van der Waals surface area (Å²) in [6.07, 6.45) is 0. The summed E-state index contributed by atoms with van der Waals surface area (Å²) in [6.45, 7) is 0. The summed E-state index contributed by atoms with van der Waals surface area (Å²) in [6, 6.07) is 16.6. The number of benzene rings is 2. The summed E-state index contributed by atoms with van der Waals surface area (Å²) in [4.78, 5) is 0. The Morgan fingerprint density at radius 1 is 0.652 bits per heavy atom. The molecule has 0 aliphatic carbocycles. The number of methoxy groups -OCH3 is 2. The largest absolute Gasteiger partial charge is 0.497 e. The van der Waals surface area contributed by atoms with Gasteiger partial charge in [0.05, 0.1) is 26.3 Å². The van der Waals surface area contributed by atoms with E-state index in [0.717, 1.165) is 11.5 Å². The molecule has 2 atom stereocenters. The second kappa shape index (κ2) is 9.40. The molecule has 0 radical (unpaired) electrons. The molecular weight excluding hydrogens is 312 g/mol. The van der Waals surface area contributed by atoms with E-state index in [0.29, 0.717) is 0 Å². The van der Waals surface area contributed by atoms with Gasteiger partial charge >= 0.3 is 0 Å². The molecule has 0 spiro atoms. The van der Waals surface area contributed by atoms with Gasteiger partial charge in [-0.2, -0.15) is 0 Å². The summed E-state index contributed by atoms with van der Waals surface area (Å²) in [5.41, 5.74) is 2.41. The first kappa shape index (κ1) is 19.3. The van der Waals surface area contributed by atoms with Gasteiger partial charge in [-0.3, -0.25) is 0 Å². The van der Waals surface area contributed by atoms with Gasteiger partial charge in [-0.25, -0.2) is 0 Å². The third kappa shape index (κ3) is 4.61. The first-order valence-electron chi connectivity index (χ1n) is 7.36. The molecule has 23 heavy (non-hydrogen) atoms. The SMILES string of the molecule is CNC(c1ccc(OC)cc1)C(NC)c1ccc(OC)cc1.Cl. The van der Waals surface area contributed by atoms with Crippen molar-refractivity contribution >= 4 is 12.4 Å². The van der Waals surface area contributed by atoms with Gasteiger partial charge in [0.2, 0.25) is 0 Å². The fraction of sp³-hybridized carbons (Fsp3) is 0.333. The summed E-state index contributed by atoms with van der Waals surface area (Å²) in [5.74, 6) is 1.73. The van der Waals surface area contributed by atoms with Crippen molar-refractivity contribution in [3.05, 3.63) is 59.7 Å². The van der Waals surface area contributed by atoms with Gasteiger partial charge < -0.3 is 20.1 Å². The predicted molar refractivity (Wildman–Crippen MR) is 96.8 cm³/mol. The van der Waals surface area contributed by atoms with E-state index in [1.165, 1.54) is 11.1 Å². The van der Waals surface area contributed by atoms with E-state index in [-0.39, 0.29) is 24.5 Å². The topological polar surface area (TPSA) is 42.5 Å². The minimum Gasteiger partial charge on any atom is -0.497 e. The normalized spacial score (nSPS) is 12.9. The quantitative estimate of drug-likeness (QED) is 0.813. The zero-order valence-electron chi connectivity index (χ0n) is 14.0. The average molecular weight is 337 g/mol. The van der Waals surface area contributed by atoms with Gasteiger partial charge in [0, 0.05) is 0 Å². The number of hydrogen-bond donors (Lipinski definition) is 2. The highest BCUT2D eigenvalue weighted by molar-refractivity contribution is 5.85. The molecule has 0 aliphatic heterocycles. The molecule has 0 aromatic heterocycles. The Hall–Kier alpha value is -1.75. The molecule has 0 heterocycles. The van der Waals surface area contributed by atoms with Crippen molar-refractivity contribution in [1.82, 2.24) is 10.6 Å². The fourth-order valence-electron chi connectivity index (χ4n) is 2.67. The van der Waals surface area contributed by atoms with Crippen molar-refractivity contribution in [3.8, 4) is 11.5 Å². The lowest BCUT2D eigenvalue weighted by molar-refractivity contribution is 0.409. The first-order valence-corrected chi connectivity index (χ1v) is 7.36. The van der Waals surface area contributed by atoms with Gasteiger partial charge in [-0.1, -0.05) is 24.3 Å². The first-order chi connectivity index (χ1) is 10.7. The molecule has 0 bridgehead atoms. The van der Waals surface area contributed by atoms with E-state index in [2.05, 4.69) is 34.9 Å². The summed E-state index contributed by atoms with van der Waals surface area (Å²) < 4.78 is 10.5. The highest BCUT2D eigenvalue weighted by Gasteiger charge is 2.22. The predicted octanol–water partition coefficient (Wildman–Crippen LogP) is 3.35. The maximum atomic E-state index is 5.23. The van der Waals surface area contributed by atoms with Gasteiger partial charge in [0.15, 0.2) is 0 Å². The van der Waals surface area contributed by atoms with E-state index >= 15 is 0 Å². The van der Waals surface area contributed by atoms with Crippen LogP contribution in [0.15, 0.2) is 48.5 Å². The summed E-state index contributed by atoms with van der Waals surface area (Å²) in [5, 5.41) is 6.80. The molecule has 0 aliphatic rings. The highest BCUT2D eigenvalue weighted by atomic mass is 35.5. The fourth-order valence-corrected chi connectivity index (χ4v) is 2.67. The van der Waals surface area contributed by atoms with Crippen molar-refractivity contribution in [2.45, 2.75) is 12.1 Å². The zero-order chi connectivity index (χ0) is 15.9. The van der Waals surface area contributed by atoms with Crippen LogP contribution in [-0.4, -0.2) is 28.3 Å². The van der Waals surface area contributed by atoms with E-state index in [1.807, 2.05) is 38.4 Å². The molecule has 2 unspecified atom stereocenters. The Balaban J connectivity index is 0.00000264. The number of likely N-dealkylation sites (N-methyl/N-ethyl adjacent to an activating group) is 2. The van der Waals surface area contributed by atoms with Gasteiger partial charge in [0.25, 0.3) is 0 Å². The Kier molecular flexibility index (Phi) is 7.89. The van der Waals surface area contributed by atoms with Crippen molar-refractivity contribution in [1.29, 1.82) is 0 Å². The van der Waals surface area contributed by atoms with Crippen molar-refractivity contribution < 1.29 is 9.47 Å². The molecule has 2 N–H and O–H groups in total. The lowest BCUT2D eigenvalue weighted by Crippen LogP contribution is -2.31. The van der Waals surface area contributed by atoms with Crippen LogP contribution >= 0.6 is 12.4 Å². The lowest BCUT2D eigenvalue weighted by Gasteiger charge is -2.27. The monoisotopic (exact) mass is 336 g/mol. The van der Waals surface area contributed by atoms with E-state index in [4.69, 9.17) is 9.47 Å². The molecule has 0 saturated carbocycles. The minimum atomic E-state index is 0. The molecule has 2 rings (SSSR count). The Bertz CT molecular complexity index is 519. The second-order valence-electron chi connectivity index (χ2n) is 5.08. The molecule has 0 saturated heterocycles. The number of rotatable bonds is 7. The lowest BCUT2D eigenvalue weighted by atomic mass is 9.93. The van der Waals surface area contributed by atoms with Crippen LogP contribution in [0.3, 0.4) is 0 Å². The summed E-state index contributed by atoms with van der Waals surface area (Å²) >= 11 is 0. The molecule has 4 nitrogen and oxygen atoms in total. The van der Waals surface area contributed by atoms with Gasteiger partial charge in [0.1, 0.15) is 11.5 Å². The second-order valence-corrected chi connectivity index (χ2v) is 5.08. The minimum absolute atomic E-state index is 0. The molecule has 0 fully saturated rings. The van der Waals surface area contributed by atoms with Crippen LogP contribution in [0.5, 0.6) is 11.5 Å². The Morgan fingerprint density at radius 3 is 1.17 bits per heavy atom. The smallest absolute Gasteiger partial charge is 0.118 e. The van der Waals surface area contributed by atoms with Crippen LogP contribution in [0.1, 0.15) is 23.2 Å². The maximum absolute atomic E-state index is 5.23. The van der Waals surface area contributed by atoms with E-state index in [1.54, 1.807) is 14.2 Å². The third-order valence-corrected chi connectivity index (χ3v) is 3.91. The highest BCUT2D eigenvalue weighted by Crippen LogP contribution is 2.30.